The van der Waals surface area contributed by atoms with Crippen LogP contribution in [-0.4, -0.2) is 57.7 Å². The standard InChI is InChI=1S/C46H30N6O10S2/c53-43(29-9-3-1-4-10-29)35-25-37(45(55)41-33(35)13-7-21-47-41)51-49-31-19-17-27(39(23-31)63(57,58)59)15-16-28-18-20-32(24-40(28)64(60,61)62)50-52-38-26-36(44(54)30-11-5-2-6-12-30)34-14-8-22-48-42(34)46(38)56/h1-26,55-56H,(H,57,58,59)(H,60,61,62). The van der Waals surface area contributed by atoms with Crippen molar-refractivity contribution in [2.24, 2.45) is 20.5 Å². The largest absolute Gasteiger partial charge is 0.504 e. The predicted octanol–water partition coefficient (Wildman–Crippen LogP) is 10.2. The van der Waals surface area contributed by atoms with E-state index in [9.17, 15) is 45.7 Å². The molecule has 0 atom stereocenters. The third kappa shape index (κ3) is 8.78. The number of ketones is 2. The molecule has 0 unspecified atom stereocenters. The van der Waals surface area contributed by atoms with Crippen LogP contribution in [0.1, 0.15) is 43.0 Å². The van der Waals surface area contributed by atoms with E-state index in [0.717, 1.165) is 12.1 Å². The van der Waals surface area contributed by atoms with E-state index in [0.29, 0.717) is 21.9 Å². The lowest BCUT2D eigenvalue weighted by atomic mass is 9.98. The molecule has 0 aliphatic carbocycles. The zero-order valence-electron chi connectivity index (χ0n) is 32.7. The summed E-state index contributed by atoms with van der Waals surface area (Å²) in [6.45, 7) is 0. The first-order valence-corrected chi connectivity index (χ1v) is 21.7. The zero-order chi connectivity index (χ0) is 45.2. The number of carbonyl (C=O) groups excluding carboxylic acids is 2. The number of aromatic nitrogens is 2. The van der Waals surface area contributed by atoms with Crippen LogP contribution in [0.25, 0.3) is 34.0 Å². The molecule has 0 radical (unpaired) electrons. The van der Waals surface area contributed by atoms with E-state index < -0.39 is 41.5 Å². The molecule has 0 fully saturated rings. The number of nitrogens with zero attached hydrogens (tertiary/aromatic N) is 6. The Morgan fingerprint density at radius 1 is 0.484 bits per heavy atom. The minimum absolute atomic E-state index is 0.0743. The van der Waals surface area contributed by atoms with E-state index in [4.69, 9.17) is 0 Å². The fourth-order valence-electron chi connectivity index (χ4n) is 6.74. The number of carbonyl (C=O) groups is 2. The molecule has 8 rings (SSSR count). The van der Waals surface area contributed by atoms with Gasteiger partial charge >= 0.3 is 0 Å². The Morgan fingerprint density at radius 2 is 0.875 bits per heavy atom. The summed E-state index contributed by atoms with van der Waals surface area (Å²) >= 11 is 0. The van der Waals surface area contributed by atoms with E-state index in [1.165, 1.54) is 60.9 Å². The van der Waals surface area contributed by atoms with Crippen molar-refractivity contribution in [2.45, 2.75) is 9.79 Å². The second-order valence-corrected chi connectivity index (χ2v) is 16.7. The second kappa shape index (κ2) is 17.3. The van der Waals surface area contributed by atoms with Gasteiger partial charge in [-0.1, -0.05) is 97.1 Å². The summed E-state index contributed by atoms with van der Waals surface area (Å²) in [4.78, 5) is 34.1. The monoisotopic (exact) mass is 890 g/mol. The van der Waals surface area contributed by atoms with Crippen LogP contribution in [0.3, 0.4) is 0 Å². The van der Waals surface area contributed by atoms with Crippen LogP contribution < -0.4 is 0 Å². The quantitative estimate of drug-likeness (QED) is 0.0386. The summed E-state index contributed by atoms with van der Waals surface area (Å²) < 4.78 is 70.8. The van der Waals surface area contributed by atoms with Gasteiger partial charge in [-0.3, -0.25) is 28.7 Å². The first kappa shape index (κ1) is 42.5. The van der Waals surface area contributed by atoms with Crippen molar-refractivity contribution < 1.29 is 45.7 Å². The van der Waals surface area contributed by atoms with Gasteiger partial charge in [0.05, 0.1) is 11.4 Å². The maximum absolute atomic E-state index is 13.5. The predicted molar refractivity (Wildman–Crippen MR) is 236 cm³/mol. The fourth-order valence-corrected chi connectivity index (χ4v) is 8.15. The van der Waals surface area contributed by atoms with Crippen molar-refractivity contribution in [2.75, 3.05) is 0 Å². The molecule has 2 heterocycles. The first-order valence-electron chi connectivity index (χ1n) is 18.8. The molecule has 0 bridgehead atoms. The van der Waals surface area contributed by atoms with Gasteiger partial charge in [-0.05, 0) is 59.7 Å². The van der Waals surface area contributed by atoms with Crippen LogP contribution in [0, 0.1) is 0 Å². The van der Waals surface area contributed by atoms with E-state index in [1.807, 2.05) is 0 Å². The molecular formula is C46H30N6O10S2. The maximum Gasteiger partial charge on any atom is 0.295 e. The highest BCUT2D eigenvalue weighted by molar-refractivity contribution is 7.86. The van der Waals surface area contributed by atoms with Crippen molar-refractivity contribution >= 4 is 88.5 Å². The molecule has 2 aromatic heterocycles. The summed E-state index contributed by atoms with van der Waals surface area (Å²) in [6, 6.07) is 33.0. The number of benzene rings is 6. The minimum Gasteiger partial charge on any atom is -0.504 e. The number of aromatic hydroxyl groups is 2. The number of rotatable bonds is 12. The number of hydrogen-bond donors (Lipinski definition) is 4. The topological polar surface area (TPSA) is 259 Å². The Balaban J connectivity index is 1.10. The normalized spacial score (nSPS) is 12.2. The lowest BCUT2D eigenvalue weighted by molar-refractivity contribution is 0.103. The van der Waals surface area contributed by atoms with Crippen molar-refractivity contribution in [3.05, 3.63) is 179 Å². The highest BCUT2D eigenvalue weighted by atomic mass is 32.2. The lowest BCUT2D eigenvalue weighted by Gasteiger charge is -2.09. The molecule has 0 saturated heterocycles. The van der Waals surface area contributed by atoms with Gasteiger partial charge in [-0.2, -0.15) is 27.1 Å². The van der Waals surface area contributed by atoms with Gasteiger partial charge in [0.15, 0.2) is 23.1 Å². The molecule has 0 amide bonds. The highest BCUT2D eigenvalue weighted by Gasteiger charge is 2.22. The molecule has 64 heavy (non-hydrogen) atoms. The van der Waals surface area contributed by atoms with E-state index >= 15 is 0 Å². The highest BCUT2D eigenvalue weighted by Crippen LogP contribution is 2.40. The van der Waals surface area contributed by atoms with Gasteiger partial charge in [0.2, 0.25) is 0 Å². The van der Waals surface area contributed by atoms with Crippen molar-refractivity contribution in [1.82, 2.24) is 9.97 Å². The molecule has 16 nitrogen and oxygen atoms in total. The number of phenols is 2. The van der Waals surface area contributed by atoms with Gasteiger partial charge in [0, 0.05) is 45.4 Å². The van der Waals surface area contributed by atoms with E-state index in [1.54, 1.807) is 84.9 Å². The number of fused-ring (bicyclic) bond motifs is 2. The number of azo groups is 2. The molecule has 0 aliphatic rings. The molecule has 316 valence electrons. The Labute approximate surface area is 363 Å². The lowest BCUT2D eigenvalue weighted by Crippen LogP contribution is -2.02. The Morgan fingerprint density at radius 3 is 1.25 bits per heavy atom. The molecule has 0 aliphatic heterocycles. The van der Waals surface area contributed by atoms with Gasteiger partial charge in [0.25, 0.3) is 20.2 Å². The van der Waals surface area contributed by atoms with Gasteiger partial charge in [-0.25, -0.2) is 0 Å². The van der Waals surface area contributed by atoms with E-state index in [2.05, 4.69) is 30.4 Å². The molecule has 4 N–H and O–H groups in total. The van der Waals surface area contributed by atoms with Crippen LogP contribution in [-0.2, 0) is 20.2 Å². The van der Waals surface area contributed by atoms with Crippen molar-refractivity contribution in [3.8, 4) is 11.5 Å². The van der Waals surface area contributed by atoms with Crippen LogP contribution >= 0.6 is 0 Å². The molecule has 0 saturated carbocycles. The van der Waals surface area contributed by atoms with Gasteiger partial charge in [-0.15, -0.1) is 10.2 Å². The smallest absolute Gasteiger partial charge is 0.295 e. The summed E-state index contributed by atoms with van der Waals surface area (Å²) in [7, 11) is -9.90. The van der Waals surface area contributed by atoms with Crippen LogP contribution in [0.2, 0.25) is 0 Å². The summed E-state index contributed by atoms with van der Waals surface area (Å²) in [5.41, 5.74) is 0.488. The summed E-state index contributed by atoms with van der Waals surface area (Å²) in [5, 5.41) is 39.0. The van der Waals surface area contributed by atoms with E-state index in [-0.39, 0.29) is 67.6 Å². The second-order valence-electron chi connectivity index (χ2n) is 13.9. The SMILES string of the molecule is O=C(c1ccccc1)c1cc(N=Nc2ccc(C=Cc3ccc(N=Nc4cc(C(=O)c5ccccc5)c5cccnc5c4O)cc3S(=O)(=O)O)c(S(=O)(=O)O)c2)c(O)c2ncccc12. The third-order valence-corrected chi connectivity index (χ3v) is 11.6. The van der Waals surface area contributed by atoms with Gasteiger partial charge in [0.1, 0.15) is 32.2 Å². The molecular weight excluding hydrogens is 861 g/mol. The fraction of sp³-hybridized carbons (Fsp3) is 0. The average molecular weight is 891 g/mol. The van der Waals surface area contributed by atoms with Crippen molar-refractivity contribution in [1.29, 1.82) is 0 Å². The molecule has 18 heteroatoms. The molecule has 6 aromatic carbocycles. The average Bonchev–Trinajstić information content (AvgIpc) is 3.30. The Hall–Kier alpha value is -8.16. The molecule has 8 aromatic rings. The first-order chi connectivity index (χ1) is 30.7. The Kier molecular flexibility index (Phi) is 11.5. The third-order valence-electron chi connectivity index (χ3n) is 9.79. The Bertz CT molecular complexity index is 3280. The minimum atomic E-state index is -4.95. The van der Waals surface area contributed by atoms with Crippen LogP contribution in [0.15, 0.2) is 176 Å². The van der Waals surface area contributed by atoms with Crippen LogP contribution in [0.5, 0.6) is 11.5 Å². The zero-order valence-corrected chi connectivity index (χ0v) is 34.4. The number of hydrogen-bond acceptors (Lipinski definition) is 14. The summed E-state index contributed by atoms with van der Waals surface area (Å²) in [6.07, 6.45) is 5.19. The van der Waals surface area contributed by atoms with Crippen molar-refractivity contribution in [3.63, 3.8) is 0 Å². The maximum atomic E-state index is 13.5. The number of phenolic OH excluding ortho intramolecular Hbond substituents is 2. The summed E-state index contributed by atoms with van der Waals surface area (Å²) in [5.74, 6) is -1.53. The molecule has 0 spiro atoms. The number of pyridine rings is 2. The van der Waals surface area contributed by atoms with Crippen LogP contribution in [0.4, 0.5) is 22.7 Å². The van der Waals surface area contributed by atoms with Gasteiger partial charge < -0.3 is 10.2 Å².